The van der Waals surface area contributed by atoms with E-state index in [1.165, 1.54) is 10.3 Å². The minimum Gasteiger partial charge on any atom is -0.354 e. The normalized spacial score (nSPS) is 11.0. The molecule has 0 spiro atoms. The Morgan fingerprint density at radius 2 is 1.95 bits per heavy atom. The van der Waals surface area contributed by atoms with Gasteiger partial charge < -0.3 is 10.6 Å². The van der Waals surface area contributed by atoms with E-state index in [9.17, 15) is 0 Å². The second kappa shape index (κ2) is 5.79. The molecule has 0 saturated carbocycles. The van der Waals surface area contributed by atoms with Gasteiger partial charge in [0.2, 0.25) is 0 Å². The minimum atomic E-state index is 0.505. The molecule has 0 atom stereocenters. The summed E-state index contributed by atoms with van der Waals surface area (Å²) in [5.41, 5.74) is 9.87. The molecule has 2 heterocycles. The molecule has 0 bridgehead atoms. The van der Waals surface area contributed by atoms with Gasteiger partial charge in [0.25, 0.3) is 0 Å². The van der Waals surface area contributed by atoms with Crippen LogP contribution in [0.2, 0.25) is 0 Å². The van der Waals surface area contributed by atoms with Crippen LogP contribution in [-0.2, 0) is 13.1 Å². The lowest BCUT2D eigenvalue weighted by molar-refractivity contribution is 0.904. The number of aryl methyl sites for hydroxylation is 1. The third-order valence-electron chi connectivity index (χ3n) is 3.66. The number of anilines is 1. The third kappa shape index (κ3) is 2.62. The van der Waals surface area contributed by atoms with Gasteiger partial charge in [-0.15, -0.1) is 11.3 Å². The van der Waals surface area contributed by atoms with Crippen LogP contribution in [0.3, 0.4) is 0 Å². The predicted molar refractivity (Wildman–Crippen MR) is 88.6 cm³/mol. The van der Waals surface area contributed by atoms with Gasteiger partial charge in [-0.3, -0.25) is 0 Å². The van der Waals surface area contributed by atoms with Crippen molar-refractivity contribution in [3.63, 3.8) is 0 Å². The van der Waals surface area contributed by atoms with Crippen molar-refractivity contribution in [2.24, 2.45) is 5.73 Å². The molecule has 0 aliphatic rings. The molecule has 21 heavy (non-hydrogen) atoms. The summed E-state index contributed by atoms with van der Waals surface area (Å²) < 4.78 is 0. The fourth-order valence-corrected chi connectivity index (χ4v) is 3.30. The van der Waals surface area contributed by atoms with Crippen LogP contribution in [0.15, 0.2) is 36.0 Å². The number of nitrogens with zero attached hydrogens (tertiary/aromatic N) is 3. The van der Waals surface area contributed by atoms with E-state index < -0.39 is 0 Å². The molecular formula is C16H18N4S. The van der Waals surface area contributed by atoms with Gasteiger partial charge in [0.15, 0.2) is 0 Å². The number of hydrogen-bond acceptors (Lipinski definition) is 5. The van der Waals surface area contributed by atoms with Gasteiger partial charge in [-0.05, 0) is 17.9 Å². The van der Waals surface area contributed by atoms with Crippen LogP contribution in [0.25, 0.3) is 10.8 Å². The van der Waals surface area contributed by atoms with Crippen LogP contribution < -0.4 is 10.6 Å². The maximum absolute atomic E-state index is 5.81. The summed E-state index contributed by atoms with van der Waals surface area (Å²) in [5, 5.41) is 2.32. The molecule has 0 unspecified atom stereocenters. The minimum absolute atomic E-state index is 0.505. The molecule has 0 amide bonds. The Labute approximate surface area is 128 Å². The SMILES string of the molecule is Cc1ncsc1CN(C)c1ncc(CN)c2ccccc12. The predicted octanol–water partition coefficient (Wildman–Crippen LogP) is 3.09. The lowest BCUT2D eigenvalue weighted by Crippen LogP contribution is -2.18. The highest BCUT2D eigenvalue weighted by Crippen LogP contribution is 2.28. The van der Waals surface area contributed by atoms with Crippen LogP contribution in [0, 0.1) is 6.92 Å². The molecule has 0 aliphatic carbocycles. The molecule has 0 saturated heterocycles. The zero-order chi connectivity index (χ0) is 14.8. The van der Waals surface area contributed by atoms with Gasteiger partial charge >= 0.3 is 0 Å². The van der Waals surface area contributed by atoms with E-state index in [1.54, 1.807) is 11.3 Å². The van der Waals surface area contributed by atoms with Crippen LogP contribution >= 0.6 is 11.3 Å². The van der Waals surface area contributed by atoms with Crippen molar-refractivity contribution >= 4 is 27.9 Å². The lowest BCUT2D eigenvalue weighted by atomic mass is 10.1. The Morgan fingerprint density at radius 3 is 2.62 bits per heavy atom. The van der Waals surface area contributed by atoms with Gasteiger partial charge in [0, 0.05) is 30.1 Å². The first-order chi connectivity index (χ1) is 10.2. The van der Waals surface area contributed by atoms with Crippen LogP contribution in [0.5, 0.6) is 0 Å². The maximum Gasteiger partial charge on any atom is 0.136 e. The summed E-state index contributed by atoms with van der Waals surface area (Å²) in [4.78, 5) is 12.4. The Hall–Kier alpha value is -1.98. The lowest BCUT2D eigenvalue weighted by Gasteiger charge is -2.20. The molecule has 0 fully saturated rings. The third-order valence-corrected chi connectivity index (χ3v) is 4.58. The fraction of sp³-hybridized carbons (Fsp3) is 0.250. The topological polar surface area (TPSA) is 55.0 Å². The molecular weight excluding hydrogens is 280 g/mol. The summed E-state index contributed by atoms with van der Waals surface area (Å²) in [6, 6.07) is 8.29. The van der Waals surface area contributed by atoms with E-state index >= 15 is 0 Å². The Morgan fingerprint density at radius 1 is 1.19 bits per heavy atom. The number of benzene rings is 1. The summed E-state index contributed by atoms with van der Waals surface area (Å²) >= 11 is 1.69. The molecule has 2 aromatic heterocycles. The second-order valence-corrected chi connectivity index (χ2v) is 6.01. The van der Waals surface area contributed by atoms with Gasteiger partial charge in [-0.25, -0.2) is 9.97 Å². The first-order valence-electron chi connectivity index (χ1n) is 6.87. The van der Waals surface area contributed by atoms with Gasteiger partial charge in [0.1, 0.15) is 5.82 Å². The zero-order valence-electron chi connectivity index (χ0n) is 12.2. The highest BCUT2D eigenvalue weighted by molar-refractivity contribution is 7.09. The first-order valence-corrected chi connectivity index (χ1v) is 7.75. The number of thiazole rings is 1. The highest BCUT2D eigenvalue weighted by Gasteiger charge is 2.12. The van der Waals surface area contributed by atoms with Crippen LogP contribution in [0.1, 0.15) is 16.1 Å². The number of rotatable bonds is 4. The summed E-state index contributed by atoms with van der Waals surface area (Å²) in [6.45, 7) is 3.36. The van der Waals surface area contributed by atoms with Crippen LogP contribution in [-0.4, -0.2) is 17.0 Å². The number of hydrogen-bond donors (Lipinski definition) is 1. The molecule has 2 N–H and O–H groups in total. The van der Waals surface area contributed by atoms with Crippen molar-refractivity contribution in [3.05, 3.63) is 52.1 Å². The van der Waals surface area contributed by atoms with E-state index in [0.29, 0.717) is 6.54 Å². The average molecular weight is 298 g/mol. The molecule has 4 nitrogen and oxygen atoms in total. The van der Waals surface area contributed by atoms with Crippen molar-refractivity contribution < 1.29 is 0 Å². The Kier molecular flexibility index (Phi) is 3.86. The summed E-state index contributed by atoms with van der Waals surface area (Å²) in [5.74, 6) is 0.982. The first kappa shape index (κ1) is 14.0. The van der Waals surface area contributed by atoms with Crippen molar-refractivity contribution in [2.75, 3.05) is 11.9 Å². The number of fused-ring (bicyclic) bond motifs is 1. The van der Waals surface area contributed by atoms with E-state index in [1.807, 2.05) is 30.8 Å². The highest BCUT2D eigenvalue weighted by atomic mass is 32.1. The standard InChI is InChI=1S/C16H18N4S/c1-11-15(21-10-19-11)9-20(2)16-14-6-4-3-5-13(14)12(7-17)8-18-16/h3-6,8,10H,7,9,17H2,1-2H3. The molecule has 0 aliphatic heterocycles. The smallest absolute Gasteiger partial charge is 0.136 e. The Balaban J connectivity index is 2.02. The fourth-order valence-electron chi connectivity index (χ4n) is 2.47. The van der Waals surface area contributed by atoms with E-state index in [0.717, 1.165) is 29.0 Å². The molecule has 5 heteroatoms. The van der Waals surface area contributed by atoms with Crippen molar-refractivity contribution in [1.29, 1.82) is 0 Å². The largest absolute Gasteiger partial charge is 0.354 e. The van der Waals surface area contributed by atoms with Crippen molar-refractivity contribution in [3.8, 4) is 0 Å². The number of nitrogens with two attached hydrogens (primary N) is 1. The van der Waals surface area contributed by atoms with E-state index in [-0.39, 0.29) is 0 Å². The quantitative estimate of drug-likeness (QED) is 0.804. The average Bonchev–Trinajstić information content (AvgIpc) is 2.91. The molecule has 0 radical (unpaired) electrons. The van der Waals surface area contributed by atoms with Gasteiger partial charge in [0.05, 0.1) is 17.7 Å². The molecule has 108 valence electrons. The van der Waals surface area contributed by atoms with Gasteiger partial charge in [-0.1, -0.05) is 24.3 Å². The monoisotopic (exact) mass is 298 g/mol. The maximum atomic E-state index is 5.81. The number of pyridine rings is 1. The summed E-state index contributed by atoms with van der Waals surface area (Å²) in [6.07, 6.45) is 1.88. The number of aromatic nitrogens is 2. The van der Waals surface area contributed by atoms with E-state index in [4.69, 9.17) is 5.73 Å². The molecule has 1 aromatic carbocycles. The molecule has 3 rings (SSSR count). The van der Waals surface area contributed by atoms with Gasteiger partial charge in [-0.2, -0.15) is 0 Å². The Bertz CT molecular complexity index is 766. The second-order valence-electron chi connectivity index (χ2n) is 5.07. The van der Waals surface area contributed by atoms with E-state index in [2.05, 4.69) is 34.0 Å². The van der Waals surface area contributed by atoms with Crippen LogP contribution in [0.4, 0.5) is 5.82 Å². The van der Waals surface area contributed by atoms with Crippen molar-refractivity contribution in [2.45, 2.75) is 20.0 Å². The molecule has 3 aromatic rings. The summed E-state index contributed by atoms with van der Waals surface area (Å²) in [7, 11) is 2.07. The van der Waals surface area contributed by atoms with Crippen molar-refractivity contribution in [1.82, 2.24) is 9.97 Å². The zero-order valence-corrected chi connectivity index (χ0v) is 13.0.